The number of allylic oxidation sites excluding steroid dienone is 2. The Labute approximate surface area is 202 Å². The summed E-state index contributed by atoms with van der Waals surface area (Å²) in [6.07, 6.45) is 6.61. The van der Waals surface area contributed by atoms with E-state index in [2.05, 4.69) is 10.3 Å². The maximum absolute atomic E-state index is 13.2. The van der Waals surface area contributed by atoms with Crippen molar-refractivity contribution in [3.8, 4) is 5.75 Å². The van der Waals surface area contributed by atoms with Crippen LogP contribution in [0.2, 0.25) is 0 Å². The van der Waals surface area contributed by atoms with Gasteiger partial charge in [-0.05, 0) is 47.9 Å². The number of nitrogens with one attached hydrogen (secondary N) is 1. The molecule has 0 bridgehead atoms. The molecule has 0 radical (unpaired) electrons. The summed E-state index contributed by atoms with van der Waals surface area (Å²) in [6.45, 7) is 0.115. The van der Waals surface area contributed by atoms with E-state index in [9.17, 15) is 17.6 Å². The number of carbonyl (C=O) groups excluding carboxylic acids is 1. The van der Waals surface area contributed by atoms with Gasteiger partial charge in [0.1, 0.15) is 28.8 Å². The van der Waals surface area contributed by atoms with Crippen LogP contribution < -0.4 is 10.1 Å². The molecule has 0 saturated heterocycles. The number of carbonyl (C=O) groups is 1. The zero-order valence-corrected chi connectivity index (χ0v) is 19.7. The Morgan fingerprint density at radius 3 is 2.51 bits per heavy atom. The van der Waals surface area contributed by atoms with Crippen LogP contribution in [0.5, 0.6) is 5.75 Å². The van der Waals surface area contributed by atoms with Crippen molar-refractivity contribution in [3.05, 3.63) is 107 Å². The van der Waals surface area contributed by atoms with Gasteiger partial charge in [0.2, 0.25) is 0 Å². The highest BCUT2D eigenvalue weighted by molar-refractivity contribution is 7.90. The maximum atomic E-state index is 13.2. The number of hydrogen-bond donors (Lipinski definition) is 1. The SMILES string of the molecule is CS(=O)(=O)c1cc(C2=CCC=CO2)nc(C(=O)NCc2ccc(F)cc2)c1OCc1ccccc1. The van der Waals surface area contributed by atoms with E-state index in [-0.39, 0.29) is 35.2 Å². The molecule has 1 aliphatic heterocycles. The number of rotatable bonds is 8. The molecule has 4 rings (SSSR count). The lowest BCUT2D eigenvalue weighted by Crippen LogP contribution is -2.26. The number of pyridine rings is 1. The molecule has 1 aliphatic rings. The maximum Gasteiger partial charge on any atom is 0.274 e. The normalized spacial score (nSPS) is 13.0. The van der Waals surface area contributed by atoms with Gasteiger partial charge in [0.25, 0.3) is 5.91 Å². The Bertz CT molecular complexity index is 1390. The lowest BCUT2D eigenvalue weighted by molar-refractivity contribution is 0.0940. The highest BCUT2D eigenvalue weighted by atomic mass is 32.2. The molecular weight excluding hydrogens is 471 g/mol. The molecule has 3 aromatic rings. The minimum absolute atomic E-state index is 0.0323. The molecule has 0 aliphatic carbocycles. The van der Waals surface area contributed by atoms with Crippen LogP contribution in [-0.4, -0.2) is 25.6 Å². The van der Waals surface area contributed by atoms with Crippen LogP contribution in [0.15, 0.2) is 84.0 Å². The summed E-state index contributed by atoms with van der Waals surface area (Å²) in [5.41, 5.74) is 1.44. The Kier molecular flexibility index (Phi) is 7.26. The number of halogens is 1. The quantitative estimate of drug-likeness (QED) is 0.499. The standard InChI is InChI=1S/C26H23FN2O5S/c1-35(31,32)23-15-21(22-9-5-6-14-33-22)29-24(25(23)34-17-19-7-3-2-4-8-19)26(30)28-16-18-10-12-20(27)13-11-18/h2-4,6-15H,5,16-17H2,1H3,(H,28,30). The Morgan fingerprint density at radius 1 is 1.11 bits per heavy atom. The van der Waals surface area contributed by atoms with Crippen LogP contribution in [0.25, 0.3) is 5.76 Å². The predicted molar refractivity (Wildman–Crippen MR) is 129 cm³/mol. The molecule has 0 atom stereocenters. The summed E-state index contributed by atoms with van der Waals surface area (Å²) >= 11 is 0. The largest absolute Gasteiger partial charge is 0.485 e. The molecule has 2 heterocycles. The highest BCUT2D eigenvalue weighted by Crippen LogP contribution is 2.32. The van der Waals surface area contributed by atoms with E-state index >= 15 is 0 Å². The van der Waals surface area contributed by atoms with Crippen molar-refractivity contribution in [3.63, 3.8) is 0 Å². The molecular formula is C26H23FN2O5S. The molecule has 0 fully saturated rings. The molecule has 0 saturated carbocycles. The van der Waals surface area contributed by atoms with Gasteiger partial charge in [0, 0.05) is 12.8 Å². The molecule has 0 unspecified atom stereocenters. The Morgan fingerprint density at radius 2 is 1.86 bits per heavy atom. The van der Waals surface area contributed by atoms with Crippen molar-refractivity contribution in [2.24, 2.45) is 0 Å². The van der Waals surface area contributed by atoms with Gasteiger partial charge in [-0.1, -0.05) is 42.5 Å². The Balaban J connectivity index is 1.74. The molecule has 7 nitrogen and oxygen atoms in total. The fourth-order valence-corrected chi connectivity index (χ4v) is 4.19. The van der Waals surface area contributed by atoms with Crippen molar-refractivity contribution in [2.45, 2.75) is 24.5 Å². The number of aromatic nitrogens is 1. The minimum Gasteiger partial charge on any atom is -0.485 e. The molecule has 180 valence electrons. The number of sulfone groups is 1. The van der Waals surface area contributed by atoms with Crippen LogP contribution in [0.1, 0.15) is 33.7 Å². The lowest BCUT2D eigenvalue weighted by Gasteiger charge is -2.18. The fraction of sp³-hybridized carbons (Fsp3) is 0.154. The summed E-state index contributed by atoms with van der Waals surface area (Å²) in [5.74, 6) is -0.849. The average molecular weight is 495 g/mol. The smallest absolute Gasteiger partial charge is 0.274 e. The number of hydrogen-bond acceptors (Lipinski definition) is 6. The van der Waals surface area contributed by atoms with Gasteiger partial charge in [-0.3, -0.25) is 4.79 Å². The van der Waals surface area contributed by atoms with Gasteiger partial charge in [-0.15, -0.1) is 0 Å². The summed E-state index contributed by atoms with van der Waals surface area (Å²) in [5, 5.41) is 2.71. The first-order valence-electron chi connectivity index (χ1n) is 10.8. The highest BCUT2D eigenvalue weighted by Gasteiger charge is 2.27. The first-order chi connectivity index (χ1) is 16.8. The zero-order chi connectivity index (χ0) is 24.8. The predicted octanol–water partition coefficient (Wildman–Crippen LogP) is 4.41. The van der Waals surface area contributed by atoms with E-state index in [4.69, 9.17) is 9.47 Å². The van der Waals surface area contributed by atoms with Crippen LogP contribution in [0.3, 0.4) is 0 Å². The monoisotopic (exact) mass is 494 g/mol. The number of amides is 1. The number of benzene rings is 2. The van der Waals surface area contributed by atoms with Gasteiger partial charge in [0.05, 0.1) is 6.26 Å². The lowest BCUT2D eigenvalue weighted by atomic mass is 10.2. The first-order valence-corrected chi connectivity index (χ1v) is 12.7. The van der Waals surface area contributed by atoms with Crippen molar-refractivity contribution >= 4 is 21.5 Å². The van der Waals surface area contributed by atoms with Crippen LogP contribution in [-0.2, 0) is 27.7 Å². The third-order valence-electron chi connectivity index (χ3n) is 5.13. The summed E-state index contributed by atoms with van der Waals surface area (Å²) in [4.78, 5) is 17.5. The molecule has 35 heavy (non-hydrogen) atoms. The van der Waals surface area contributed by atoms with Crippen molar-refractivity contribution < 1.29 is 27.1 Å². The first kappa shape index (κ1) is 24.2. The van der Waals surface area contributed by atoms with Crippen LogP contribution in [0.4, 0.5) is 4.39 Å². The third kappa shape index (κ3) is 6.13. The van der Waals surface area contributed by atoms with Gasteiger partial charge < -0.3 is 14.8 Å². The Hall–Kier alpha value is -3.98. The second kappa shape index (κ2) is 10.5. The van der Waals surface area contributed by atoms with E-state index in [1.165, 1.54) is 24.5 Å². The molecule has 2 aromatic carbocycles. The van der Waals surface area contributed by atoms with Crippen LogP contribution >= 0.6 is 0 Å². The summed E-state index contributed by atoms with van der Waals surface area (Å²) < 4.78 is 50.1. The molecule has 1 N–H and O–H groups in total. The van der Waals surface area contributed by atoms with E-state index < -0.39 is 21.6 Å². The van der Waals surface area contributed by atoms with E-state index in [1.807, 2.05) is 30.3 Å². The summed E-state index contributed by atoms with van der Waals surface area (Å²) in [7, 11) is -3.81. The van der Waals surface area contributed by atoms with Gasteiger partial charge in [-0.2, -0.15) is 0 Å². The van der Waals surface area contributed by atoms with Crippen molar-refractivity contribution in [1.82, 2.24) is 10.3 Å². The second-order valence-electron chi connectivity index (χ2n) is 7.83. The fourth-order valence-electron chi connectivity index (χ4n) is 3.37. The van der Waals surface area contributed by atoms with Crippen LogP contribution in [0, 0.1) is 5.82 Å². The van der Waals surface area contributed by atoms with Gasteiger partial charge in [-0.25, -0.2) is 17.8 Å². The molecule has 1 amide bonds. The topological polar surface area (TPSA) is 94.6 Å². The van der Waals surface area contributed by atoms with Gasteiger partial charge in [0.15, 0.2) is 21.3 Å². The van der Waals surface area contributed by atoms with Gasteiger partial charge >= 0.3 is 0 Å². The van der Waals surface area contributed by atoms with E-state index in [0.717, 1.165) is 11.8 Å². The summed E-state index contributed by atoms with van der Waals surface area (Å²) in [6, 6.07) is 16.2. The van der Waals surface area contributed by atoms with Crippen molar-refractivity contribution in [1.29, 1.82) is 0 Å². The second-order valence-corrected chi connectivity index (χ2v) is 9.82. The van der Waals surface area contributed by atoms with E-state index in [1.54, 1.807) is 24.3 Å². The molecule has 9 heteroatoms. The number of ether oxygens (including phenoxy) is 2. The molecule has 0 spiro atoms. The number of nitrogens with zero attached hydrogens (tertiary/aromatic N) is 1. The zero-order valence-electron chi connectivity index (χ0n) is 18.9. The average Bonchev–Trinajstić information content (AvgIpc) is 2.87. The van der Waals surface area contributed by atoms with E-state index in [0.29, 0.717) is 17.7 Å². The van der Waals surface area contributed by atoms with Crippen molar-refractivity contribution in [2.75, 3.05) is 6.26 Å². The third-order valence-corrected chi connectivity index (χ3v) is 6.23. The minimum atomic E-state index is -3.81. The molecule has 1 aromatic heterocycles.